The number of carbonyl (C=O) groups excluding carboxylic acids is 3. The van der Waals surface area contributed by atoms with E-state index in [1.807, 2.05) is 6.07 Å². The highest BCUT2D eigenvalue weighted by Gasteiger charge is 2.31. The molecule has 9 nitrogen and oxygen atoms in total. The van der Waals surface area contributed by atoms with E-state index < -0.39 is 47.2 Å². The van der Waals surface area contributed by atoms with Crippen molar-refractivity contribution in [3.63, 3.8) is 0 Å². The Morgan fingerprint density at radius 2 is 1.44 bits per heavy atom. The first-order valence-electron chi connectivity index (χ1n) is 10.4. The Hall–Kier alpha value is -3.10. The number of alkyl carbamates (subject to hydrolysis) is 1. The summed E-state index contributed by atoms with van der Waals surface area (Å²) in [5, 5.41) is 14.1. The molecule has 32 heavy (non-hydrogen) atoms. The zero-order chi connectivity index (χ0) is 24.5. The average molecular weight is 451 g/mol. The zero-order valence-electron chi connectivity index (χ0n) is 19.6. The summed E-state index contributed by atoms with van der Waals surface area (Å²) in [6.45, 7) is 10.1. The first-order valence-corrected chi connectivity index (χ1v) is 10.4. The summed E-state index contributed by atoms with van der Waals surface area (Å²) >= 11 is 0. The van der Waals surface area contributed by atoms with Crippen molar-refractivity contribution in [2.45, 2.75) is 84.1 Å². The Kier molecular flexibility index (Phi) is 9.68. The summed E-state index contributed by atoms with van der Waals surface area (Å²) in [7, 11) is 0. The highest BCUT2D eigenvalue weighted by atomic mass is 16.6. The van der Waals surface area contributed by atoms with Crippen LogP contribution in [0.3, 0.4) is 0 Å². The number of amides is 2. The Morgan fingerprint density at radius 1 is 0.875 bits per heavy atom. The van der Waals surface area contributed by atoms with Crippen LogP contribution in [0.4, 0.5) is 4.79 Å². The molecule has 0 saturated carbocycles. The van der Waals surface area contributed by atoms with E-state index in [1.54, 1.807) is 65.8 Å². The minimum atomic E-state index is -1.18. The van der Waals surface area contributed by atoms with Gasteiger partial charge in [0.15, 0.2) is 0 Å². The van der Waals surface area contributed by atoms with Crippen molar-refractivity contribution in [2.24, 2.45) is 0 Å². The van der Waals surface area contributed by atoms with Gasteiger partial charge in [0.05, 0.1) is 0 Å². The molecule has 9 heteroatoms. The van der Waals surface area contributed by atoms with E-state index in [1.165, 1.54) is 0 Å². The Bertz CT molecular complexity index is 795. The smallest absolute Gasteiger partial charge is 0.408 e. The lowest BCUT2D eigenvalue weighted by Gasteiger charge is -2.27. The van der Waals surface area contributed by atoms with E-state index in [0.717, 1.165) is 5.56 Å². The third-order valence-corrected chi connectivity index (χ3v) is 3.94. The normalized spacial score (nSPS) is 13.4. The fourth-order valence-electron chi connectivity index (χ4n) is 2.67. The molecule has 0 fully saturated rings. The van der Waals surface area contributed by atoms with Gasteiger partial charge in [-0.2, -0.15) is 0 Å². The largest absolute Gasteiger partial charge is 0.481 e. The second-order valence-electron chi connectivity index (χ2n) is 9.42. The maximum absolute atomic E-state index is 13.0. The summed E-state index contributed by atoms with van der Waals surface area (Å²) in [6.07, 6.45) is -1.13. The molecule has 0 spiro atoms. The van der Waals surface area contributed by atoms with Crippen LogP contribution in [0.15, 0.2) is 30.3 Å². The van der Waals surface area contributed by atoms with Gasteiger partial charge in [-0.15, -0.1) is 0 Å². The molecule has 0 unspecified atom stereocenters. The van der Waals surface area contributed by atoms with E-state index in [-0.39, 0.29) is 19.3 Å². The number of hydrogen-bond acceptors (Lipinski definition) is 6. The quantitative estimate of drug-likeness (QED) is 0.493. The third kappa shape index (κ3) is 11.3. The van der Waals surface area contributed by atoms with Gasteiger partial charge in [-0.3, -0.25) is 9.59 Å². The number of ether oxygens (including phenoxy) is 2. The summed E-state index contributed by atoms with van der Waals surface area (Å²) in [4.78, 5) is 48.9. The second-order valence-corrected chi connectivity index (χ2v) is 9.42. The van der Waals surface area contributed by atoms with Crippen molar-refractivity contribution >= 4 is 23.9 Å². The van der Waals surface area contributed by atoms with E-state index >= 15 is 0 Å². The molecular weight excluding hydrogens is 416 g/mol. The van der Waals surface area contributed by atoms with Crippen LogP contribution in [0.5, 0.6) is 0 Å². The lowest BCUT2D eigenvalue weighted by molar-refractivity contribution is -0.159. The maximum Gasteiger partial charge on any atom is 0.408 e. The number of aliphatic carboxylic acids is 1. The number of carbonyl (C=O) groups is 4. The molecule has 0 aliphatic rings. The number of rotatable bonds is 9. The van der Waals surface area contributed by atoms with Crippen LogP contribution in [-0.4, -0.2) is 52.3 Å². The third-order valence-electron chi connectivity index (χ3n) is 3.94. The molecule has 2 amide bonds. The van der Waals surface area contributed by atoms with Gasteiger partial charge in [0, 0.05) is 12.8 Å². The Balaban J connectivity index is 3.04. The van der Waals surface area contributed by atoms with Crippen LogP contribution in [-0.2, 0) is 30.3 Å². The van der Waals surface area contributed by atoms with Crippen LogP contribution < -0.4 is 10.6 Å². The molecule has 178 valence electrons. The topological polar surface area (TPSA) is 131 Å². The van der Waals surface area contributed by atoms with Gasteiger partial charge in [-0.05, 0) is 53.5 Å². The number of hydrogen-bond donors (Lipinski definition) is 3. The van der Waals surface area contributed by atoms with Crippen molar-refractivity contribution < 1.29 is 33.8 Å². The lowest BCUT2D eigenvalue weighted by Crippen LogP contribution is -2.54. The summed E-state index contributed by atoms with van der Waals surface area (Å²) in [5.41, 5.74) is -0.803. The Labute approximate surface area is 188 Å². The van der Waals surface area contributed by atoms with Crippen LogP contribution in [0.1, 0.15) is 59.9 Å². The SMILES string of the molecule is CC(C)(C)OC(=O)N[C@H](Cc1ccccc1)C(=O)N[C@@H](CCC(=O)O)C(=O)OC(C)(C)C. The number of carboxylic acid groups (broad SMARTS) is 1. The van der Waals surface area contributed by atoms with Gasteiger partial charge in [0.25, 0.3) is 0 Å². The number of carboxylic acids is 1. The molecule has 3 N–H and O–H groups in total. The van der Waals surface area contributed by atoms with Crippen molar-refractivity contribution in [1.82, 2.24) is 10.6 Å². The van der Waals surface area contributed by atoms with Crippen molar-refractivity contribution in [3.8, 4) is 0 Å². The van der Waals surface area contributed by atoms with Crippen molar-refractivity contribution in [2.75, 3.05) is 0 Å². The highest BCUT2D eigenvalue weighted by molar-refractivity contribution is 5.90. The van der Waals surface area contributed by atoms with Crippen LogP contribution in [0.25, 0.3) is 0 Å². The predicted molar refractivity (Wildman–Crippen MR) is 118 cm³/mol. The van der Waals surface area contributed by atoms with Crippen molar-refractivity contribution in [3.05, 3.63) is 35.9 Å². The van der Waals surface area contributed by atoms with Gasteiger partial charge < -0.3 is 25.2 Å². The van der Waals surface area contributed by atoms with Crippen molar-refractivity contribution in [1.29, 1.82) is 0 Å². The van der Waals surface area contributed by atoms with E-state index in [2.05, 4.69) is 10.6 Å². The van der Waals surface area contributed by atoms with Gasteiger partial charge in [-0.25, -0.2) is 9.59 Å². The minimum Gasteiger partial charge on any atom is -0.481 e. The highest BCUT2D eigenvalue weighted by Crippen LogP contribution is 2.13. The summed E-state index contributed by atoms with van der Waals surface area (Å²) in [6, 6.07) is 6.78. The molecule has 0 radical (unpaired) electrons. The van der Waals surface area contributed by atoms with Gasteiger partial charge in [0.2, 0.25) is 5.91 Å². The standard InChI is InChI=1S/C23H34N2O7/c1-22(2,3)31-20(29)16(12-13-18(26)27)24-19(28)17(14-15-10-8-7-9-11-15)25-21(30)32-23(4,5)6/h7-11,16-17H,12-14H2,1-6H3,(H,24,28)(H,25,30)(H,26,27)/t16-,17+/m0/s1. The molecule has 1 rings (SSSR count). The first-order chi connectivity index (χ1) is 14.7. The fraction of sp³-hybridized carbons (Fsp3) is 0.565. The van der Waals surface area contributed by atoms with Crippen LogP contribution >= 0.6 is 0 Å². The minimum absolute atomic E-state index is 0.145. The lowest BCUT2D eigenvalue weighted by atomic mass is 10.0. The molecule has 0 saturated heterocycles. The summed E-state index contributed by atoms with van der Waals surface area (Å²) in [5.74, 6) is -2.51. The molecule has 0 aromatic heterocycles. The molecule has 1 aromatic carbocycles. The second kappa shape index (κ2) is 11.5. The maximum atomic E-state index is 13.0. The molecule has 2 atom stereocenters. The van der Waals surface area contributed by atoms with Crippen LogP contribution in [0, 0.1) is 0 Å². The monoisotopic (exact) mass is 450 g/mol. The Morgan fingerprint density at radius 3 is 1.94 bits per heavy atom. The van der Waals surface area contributed by atoms with Gasteiger partial charge in [-0.1, -0.05) is 30.3 Å². The number of nitrogens with one attached hydrogen (secondary N) is 2. The molecular formula is C23H34N2O7. The van der Waals surface area contributed by atoms with E-state index in [4.69, 9.17) is 14.6 Å². The molecule has 0 bridgehead atoms. The molecule has 0 aliphatic carbocycles. The zero-order valence-corrected chi connectivity index (χ0v) is 19.6. The predicted octanol–water partition coefficient (Wildman–Crippen LogP) is 2.81. The van der Waals surface area contributed by atoms with E-state index in [9.17, 15) is 19.2 Å². The van der Waals surface area contributed by atoms with E-state index in [0.29, 0.717) is 0 Å². The average Bonchev–Trinajstić information content (AvgIpc) is 2.62. The van der Waals surface area contributed by atoms with Crippen LogP contribution in [0.2, 0.25) is 0 Å². The first kappa shape index (κ1) is 26.9. The number of esters is 1. The fourth-order valence-corrected chi connectivity index (χ4v) is 2.67. The summed E-state index contributed by atoms with van der Waals surface area (Å²) < 4.78 is 10.6. The number of benzene rings is 1. The van der Waals surface area contributed by atoms with Gasteiger partial charge >= 0.3 is 18.0 Å². The molecule has 0 aliphatic heterocycles. The molecule has 1 aromatic rings. The van der Waals surface area contributed by atoms with Gasteiger partial charge in [0.1, 0.15) is 23.3 Å². The molecule has 0 heterocycles.